The van der Waals surface area contributed by atoms with Crippen LogP contribution >= 0.6 is 0 Å². The van der Waals surface area contributed by atoms with Gasteiger partial charge in [-0.2, -0.15) is 5.10 Å². The summed E-state index contributed by atoms with van der Waals surface area (Å²) >= 11 is 0. The van der Waals surface area contributed by atoms with E-state index in [0.29, 0.717) is 5.56 Å². The van der Waals surface area contributed by atoms with Crippen molar-refractivity contribution in [3.63, 3.8) is 0 Å². The molecule has 0 spiro atoms. The van der Waals surface area contributed by atoms with E-state index in [1.807, 2.05) is 0 Å². The molecule has 0 aliphatic carbocycles. The summed E-state index contributed by atoms with van der Waals surface area (Å²) in [6, 6.07) is 0. The number of hydrogen-bond donors (Lipinski definition) is 3. The molecule has 66 valence electrons. The first kappa shape index (κ1) is 8.73. The molecular weight excluding hydrogens is 158 g/mol. The predicted molar refractivity (Wildman–Crippen MR) is 42.6 cm³/mol. The maximum Gasteiger partial charge on any atom is 0.267 e. The summed E-state index contributed by atoms with van der Waals surface area (Å²) in [6.07, 6.45) is 1.50. The van der Waals surface area contributed by atoms with Crippen molar-refractivity contribution in [1.29, 1.82) is 0 Å². The van der Waals surface area contributed by atoms with Gasteiger partial charge in [0.2, 0.25) is 0 Å². The third-order valence-electron chi connectivity index (χ3n) is 1.72. The molecule has 5 heteroatoms. The Morgan fingerprint density at radius 3 is 3.08 bits per heavy atom. The Kier molecular flexibility index (Phi) is 2.44. The third-order valence-corrected chi connectivity index (χ3v) is 1.72. The number of aromatic amines is 1. The number of aliphatic hydroxyl groups excluding tert-OH is 1. The number of amides is 1. The summed E-state index contributed by atoms with van der Waals surface area (Å²) in [5.41, 5.74) is 5.99. The molecule has 0 bridgehead atoms. The van der Waals surface area contributed by atoms with Crippen molar-refractivity contribution in [2.45, 2.75) is 12.8 Å². The van der Waals surface area contributed by atoms with Gasteiger partial charge in [-0.1, -0.05) is 6.92 Å². The molecule has 1 heterocycles. The first-order valence-corrected chi connectivity index (χ1v) is 3.60. The van der Waals surface area contributed by atoms with Crippen LogP contribution in [0.1, 0.15) is 28.9 Å². The molecule has 1 rings (SSSR count). The molecule has 1 aromatic rings. The normalized spacial score (nSPS) is 12.8. The molecule has 5 nitrogen and oxygen atoms in total. The summed E-state index contributed by atoms with van der Waals surface area (Å²) in [6.45, 7) is 1.76. The molecule has 1 amide bonds. The van der Waals surface area contributed by atoms with Gasteiger partial charge in [0.1, 0.15) is 5.69 Å². The average Bonchev–Trinajstić information content (AvgIpc) is 2.50. The van der Waals surface area contributed by atoms with Crippen LogP contribution in [-0.2, 0) is 0 Å². The summed E-state index contributed by atoms with van der Waals surface area (Å²) in [4.78, 5) is 10.8. The van der Waals surface area contributed by atoms with Crippen molar-refractivity contribution < 1.29 is 9.90 Å². The number of nitrogens with one attached hydrogen (secondary N) is 1. The zero-order valence-electron chi connectivity index (χ0n) is 6.74. The van der Waals surface area contributed by atoms with Crippen molar-refractivity contribution >= 4 is 5.91 Å². The Morgan fingerprint density at radius 1 is 1.92 bits per heavy atom. The van der Waals surface area contributed by atoms with E-state index < -0.39 is 5.91 Å². The highest BCUT2D eigenvalue weighted by Crippen LogP contribution is 2.16. The largest absolute Gasteiger partial charge is 0.396 e. The van der Waals surface area contributed by atoms with Crippen molar-refractivity contribution in [3.05, 3.63) is 17.5 Å². The van der Waals surface area contributed by atoms with E-state index in [-0.39, 0.29) is 18.2 Å². The Morgan fingerprint density at radius 2 is 2.58 bits per heavy atom. The number of nitrogens with two attached hydrogens (primary N) is 1. The van der Waals surface area contributed by atoms with Crippen LogP contribution in [0.5, 0.6) is 0 Å². The van der Waals surface area contributed by atoms with E-state index in [9.17, 15) is 4.79 Å². The molecular formula is C7H11N3O2. The Hall–Kier alpha value is -1.36. The number of aromatic nitrogens is 2. The number of hydrogen-bond acceptors (Lipinski definition) is 3. The van der Waals surface area contributed by atoms with E-state index >= 15 is 0 Å². The van der Waals surface area contributed by atoms with Gasteiger partial charge in [-0.25, -0.2) is 0 Å². The predicted octanol–water partition coefficient (Wildman–Crippen LogP) is -0.396. The van der Waals surface area contributed by atoms with Crippen molar-refractivity contribution in [2.24, 2.45) is 5.73 Å². The molecule has 1 unspecified atom stereocenters. The fourth-order valence-electron chi connectivity index (χ4n) is 0.965. The highest BCUT2D eigenvalue weighted by Gasteiger charge is 2.15. The van der Waals surface area contributed by atoms with Gasteiger partial charge in [-0.3, -0.25) is 9.89 Å². The maximum absolute atomic E-state index is 10.8. The smallest absolute Gasteiger partial charge is 0.267 e. The summed E-state index contributed by atoms with van der Waals surface area (Å²) in [5, 5.41) is 15.0. The fraction of sp³-hybridized carbons (Fsp3) is 0.429. The second-order valence-electron chi connectivity index (χ2n) is 2.65. The number of carbonyl (C=O) groups is 1. The Bertz CT molecular complexity index is 282. The standard InChI is InChI=1S/C7H11N3O2/c1-4(3-11)5-2-9-10-6(5)7(8)12/h2,4,11H,3H2,1H3,(H2,8,12)(H,9,10). The number of nitrogens with zero attached hydrogens (tertiary/aromatic N) is 1. The van der Waals surface area contributed by atoms with Gasteiger partial charge >= 0.3 is 0 Å². The minimum atomic E-state index is -0.553. The molecule has 0 aromatic carbocycles. The minimum absolute atomic E-state index is 0.0280. The lowest BCUT2D eigenvalue weighted by molar-refractivity contribution is 0.0994. The van der Waals surface area contributed by atoms with Crippen LogP contribution < -0.4 is 5.73 Å². The molecule has 1 atom stereocenters. The average molecular weight is 169 g/mol. The SMILES string of the molecule is CC(CO)c1cn[nH]c1C(N)=O. The molecule has 0 aliphatic rings. The van der Waals surface area contributed by atoms with E-state index in [1.165, 1.54) is 6.20 Å². The first-order chi connectivity index (χ1) is 5.66. The highest BCUT2D eigenvalue weighted by atomic mass is 16.3. The second-order valence-corrected chi connectivity index (χ2v) is 2.65. The topological polar surface area (TPSA) is 92.0 Å². The van der Waals surface area contributed by atoms with Gasteiger partial charge in [-0.15, -0.1) is 0 Å². The molecule has 0 saturated carbocycles. The lowest BCUT2D eigenvalue weighted by atomic mass is 10.0. The summed E-state index contributed by atoms with van der Waals surface area (Å²) in [5.74, 6) is -0.672. The number of H-pyrrole nitrogens is 1. The second kappa shape index (κ2) is 3.36. The zero-order chi connectivity index (χ0) is 9.14. The van der Waals surface area contributed by atoms with Gasteiger partial charge < -0.3 is 10.8 Å². The van der Waals surface area contributed by atoms with E-state index in [0.717, 1.165) is 0 Å². The van der Waals surface area contributed by atoms with Crippen LogP contribution in [0.2, 0.25) is 0 Å². The Balaban J connectivity index is 2.98. The lowest BCUT2D eigenvalue weighted by Crippen LogP contribution is -2.15. The third kappa shape index (κ3) is 1.45. The van der Waals surface area contributed by atoms with E-state index in [4.69, 9.17) is 10.8 Å². The van der Waals surface area contributed by atoms with Crippen LogP contribution in [0.15, 0.2) is 6.20 Å². The van der Waals surface area contributed by atoms with Crippen LogP contribution in [-0.4, -0.2) is 27.8 Å². The monoisotopic (exact) mass is 169 g/mol. The fourth-order valence-corrected chi connectivity index (χ4v) is 0.965. The summed E-state index contributed by atoms with van der Waals surface area (Å²) in [7, 11) is 0. The lowest BCUT2D eigenvalue weighted by Gasteiger charge is -2.05. The highest BCUT2D eigenvalue weighted by molar-refractivity contribution is 5.92. The molecule has 0 fully saturated rings. The minimum Gasteiger partial charge on any atom is -0.396 e. The van der Waals surface area contributed by atoms with E-state index in [1.54, 1.807) is 6.92 Å². The number of rotatable bonds is 3. The Labute approximate surface area is 69.6 Å². The molecule has 4 N–H and O–H groups in total. The van der Waals surface area contributed by atoms with Gasteiger partial charge in [0, 0.05) is 18.1 Å². The zero-order valence-corrected chi connectivity index (χ0v) is 6.74. The van der Waals surface area contributed by atoms with Crippen molar-refractivity contribution in [2.75, 3.05) is 6.61 Å². The first-order valence-electron chi connectivity index (χ1n) is 3.60. The number of primary amides is 1. The van der Waals surface area contributed by atoms with Gasteiger partial charge in [0.05, 0.1) is 6.20 Å². The summed E-state index contributed by atoms with van der Waals surface area (Å²) < 4.78 is 0. The van der Waals surface area contributed by atoms with Crippen molar-refractivity contribution in [3.8, 4) is 0 Å². The van der Waals surface area contributed by atoms with Crippen LogP contribution in [0, 0.1) is 0 Å². The van der Waals surface area contributed by atoms with Gasteiger partial charge in [0.25, 0.3) is 5.91 Å². The molecule has 0 aliphatic heterocycles. The number of carbonyl (C=O) groups excluding carboxylic acids is 1. The molecule has 1 aromatic heterocycles. The van der Waals surface area contributed by atoms with Crippen LogP contribution in [0.4, 0.5) is 0 Å². The quantitative estimate of drug-likeness (QED) is 0.575. The van der Waals surface area contributed by atoms with Crippen LogP contribution in [0.3, 0.4) is 0 Å². The number of aliphatic hydroxyl groups is 1. The van der Waals surface area contributed by atoms with Crippen LogP contribution in [0.25, 0.3) is 0 Å². The van der Waals surface area contributed by atoms with Crippen molar-refractivity contribution in [1.82, 2.24) is 10.2 Å². The molecule has 0 saturated heterocycles. The van der Waals surface area contributed by atoms with Gasteiger partial charge in [-0.05, 0) is 0 Å². The molecule has 12 heavy (non-hydrogen) atoms. The van der Waals surface area contributed by atoms with E-state index in [2.05, 4.69) is 10.2 Å². The maximum atomic E-state index is 10.8. The molecule has 0 radical (unpaired) electrons. The van der Waals surface area contributed by atoms with Gasteiger partial charge in [0.15, 0.2) is 0 Å².